The summed E-state index contributed by atoms with van der Waals surface area (Å²) in [5.74, 6) is 0.328. The second-order valence-corrected chi connectivity index (χ2v) is 12.1. The molecule has 0 N–H and O–H groups in total. The number of anilines is 1. The van der Waals surface area contributed by atoms with Crippen LogP contribution in [0.4, 0.5) is 15.0 Å². The number of pyridine rings is 2. The van der Waals surface area contributed by atoms with Gasteiger partial charge in [0.05, 0.1) is 22.8 Å². The Balaban J connectivity index is 1.26. The molecule has 11 heteroatoms. The van der Waals surface area contributed by atoms with Crippen molar-refractivity contribution in [2.75, 3.05) is 31.9 Å². The molecule has 3 aromatic heterocycles. The lowest BCUT2D eigenvalue weighted by Gasteiger charge is -2.41. The van der Waals surface area contributed by atoms with Crippen LogP contribution < -0.4 is 9.64 Å². The molecule has 2 aliphatic rings. The molecule has 1 saturated heterocycles. The maximum atomic E-state index is 15.5. The van der Waals surface area contributed by atoms with E-state index in [1.165, 1.54) is 7.11 Å². The number of fused-ring (bicyclic) bond motifs is 2. The number of methoxy groups -OCH3 is 1. The molecule has 0 spiro atoms. The van der Waals surface area contributed by atoms with Crippen LogP contribution in [0.25, 0.3) is 33.2 Å². The summed E-state index contributed by atoms with van der Waals surface area (Å²) in [5.41, 5.74) is 2.17. The van der Waals surface area contributed by atoms with Crippen molar-refractivity contribution in [1.82, 2.24) is 24.6 Å². The van der Waals surface area contributed by atoms with Crippen molar-refractivity contribution >= 4 is 33.8 Å². The molecule has 222 valence electrons. The van der Waals surface area contributed by atoms with E-state index < -0.39 is 11.4 Å². The van der Waals surface area contributed by atoms with Crippen molar-refractivity contribution in [3.63, 3.8) is 0 Å². The van der Waals surface area contributed by atoms with Crippen molar-refractivity contribution in [3.8, 4) is 17.0 Å². The fourth-order valence-electron chi connectivity index (χ4n) is 5.76. The van der Waals surface area contributed by atoms with Crippen molar-refractivity contribution < 1.29 is 23.4 Å². The van der Waals surface area contributed by atoms with Crippen LogP contribution in [0.2, 0.25) is 0 Å². The standard InChI is InChI=1S/C31H37FN6O4/c1-31(2,3)42-30(39)38(20-7-6-8-20)21-13-14-37(17-21)26-12-11-24-25(34-26)10-9-23(33-24)22-15-19-16-36(4)35-28(19)27(32)29(22)41-18-40-5/h9-12,15-16,20-21H,6-8,13-14,17-18H2,1-5H3. The van der Waals surface area contributed by atoms with E-state index in [1.54, 1.807) is 17.9 Å². The molecule has 1 saturated carbocycles. The molecule has 1 amide bonds. The Bertz CT molecular complexity index is 1630. The molecular formula is C31H37FN6O4. The average molecular weight is 577 g/mol. The molecule has 42 heavy (non-hydrogen) atoms. The average Bonchev–Trinajstić information content (AvgIpc) is 3.55. The Morgan fingerprint density at radius 3 is 2.57 bits per heavy atom. The minimum atomic E-state index is -0.554. The number of benzene rings is 1. The molecule has 1 aliphatic carbocycles. The number of aromatic nitrogens is 4. The lowest BCUT2D eigenvalue weighted by molar-refractivity contribution is -0.00351. The van der Waals surface area contributed by atoms with Crippen molar-refractivity contribution in [2.24, 2.45) is 7.05 Å². The zero-order valence-electron chi connectivity index (χ0n) is 24.8. The summed E-state index contributed by atoms with van der Waals surface area (Å²) in [6, 6.07) is 9.74. The van der Waals surface area contributed by atoms with E-state index in [4.69, 9.17) is 24.2 Å². The first-order valence-corrected chi connectivity index (χ1v) is 14.4. The molecular weight excluding hydrogens is 539 g/mol. The number of hydrogen-bond acceptors (Lipinski definition) is 8. The summed E-state index contributed by atoms with van der Waals surface area (Å²) in [6.45, 7) is 7.11. The number of ether oxygens (including phenoxy) is 3. The van der Waals surface area contributed by atoms with Crippen molar-refractivity contribution in [1.29, 1.82) is 0 Å². The van der Waals surface area contributed by atoms with Crippen LogP contribution in [0.1, 0.15) is 46.5 Å². The minimum absolute atomic E-state index is 0.0450. The van der Waals surface area contributed by atoms with E-state index in [0.717, 1.165) is 43.6 Å². The molecule has 0 bridgehead atoms. The summed E-state index contributed by atoms with van der Waals surface area (Å²) < 4.78 is 33.5. The number of carbonyl (C=O) groups excluding carboxylic acids is 1. The number of halogens is 1. The van der Waals surface area contributed by atoms with Crippen LogP contribution in [0.3, 0.4) is 0 Å². The van der Waals surface area contributed by atoms with Crippen molar-refractivity contribution in [2.45, 2.75) is 64.1 Å². The SMILES string of the molecule is COCOc1c(-c2ccc3nc(N4CCC(N(C(=O)OC(C)(C)C)C5CCC5)C4)ccc3n2)cc2cn(C)nc2c1F. The zero-order valence-corrected chi connectivity index (χ0v) is 24.8. The monoisotopic (exact) mass is 576 g/mol. The van der Waals surface area contributed by atoms with Gasteiger partial charge >= 0.3 is 6.09 Å². The van der Waals surface area contributed by atoms with E-state index in [-0.39, 0.29) is 36.2 Å². The van der Waals surface area contributed by atoms with Crippen LogP contribution in [0.15, 0.2) is 36.5 Å². The van der Waals surface area contributed by atoms with Gasteiger partial charge in [0.1, 0.15) is 16.9 Å². The van der Waals surface area contributed by atoms with Gasteiger partial charge in [0.25, 0.3) is 0 Å². The number of amides is 1. The first-order valence-electron chi connectivity index (χ1n) is 14.4. The van der Waals surface area contributed by atoms with Gasteiger partial charge in [0.15, 0.2) is 18.4 Å². The van der Waals surface area contributed by atoms with Gasteiger partial charge in [0, 0.05) is 50.4 Å². The van der Waals surface area contributed by atoms with E-state index in [0.29, 0.717) is 28.7 Å². The normalized spacial score (nSPS) is 17.6. The summed E-state index contributed by atoms with van der Waals surface area (Å²) in [4.78, 5) is 27.1. The third kappa shape index (κ3) is 5.45. The Hall–Kier alpha value is -3.99. The second-order valence-electron chi connectivity index (χ2n) is 12.1. The van der Waals surface area contributed by atoms with E-state index in [9.17, 15) is 4.79 Å². The lowest BCUT2D eigenvalue weighted by Crippen LogP contribution is -2.52. The van der Waals surface area contributed by atoms with Crippen LogP contribution in [-0.2, 0) is 16.5 Å². The van der Waals surface area contributed by atoms with Gasteiger partial charge in [-0.3, -0.25) is 4.68 Å². The molecule has 1 unspecified atom stereocenters. The fourth-order valence-corrected chi connectivity index (χ4v) is 5.76. The largest absolute Gasteiger partial charge is 0.464 e. The Morgan fingerprint density at radius 2 is 1.86 bits per heavy atom. The Labute approximate surface area is 244 Å². The van der Waals surface area contributed by atoms with Gasteiger partial charge in [0.2, 0.25) is 0 Å². The highest BCUT2D eigenvalue weighted by Crippen LogP contribution is 2.37. The first-order chi connectivity index (χ1) is 20.1. The molecule has 2 fully saturated rings. The topological polar surface area (TPSA) is 94.8 Å². The van der Waals surface area contributed by atoms with Gasteiger partial charge in [-0.2, -0.15) is 5.10 Å². The zero-order chi connectivity index (χ0) is 29.6. The van der Waals surface area contributed by atoms with Gasteiger partial charge in [-0.25, -0.2) is 19.2 Å². The highest BCUT2D eigenvalue weighted by Gasteiger charge is 2.40. The third-order valence-electron chi connectivity index (χ3n) is 7.89. The maximum Gasteiger partial charge on any atom is 0.410 e. The molecule has 4 heterocycles. The van der Waals surface area contributed by atoms with E-state index in [1.807, 2.05) is 56.0 Å². The highest BCUT2D eigenvalue weighted by molar-refractivity contribution is 5.89. The number of rotatable bonds is 7. The van der Waals surface area contributed by atoms with Gasteiger partial charge in [-0.15, -0.1) is 0 Å². The van der Waals surface area contributed by atoms with Crippen LogP contribution in [0.5, 0.6) is 5.75 Å². The van der Waals surface area contributed by atoms with Gasteiger partial charge < -0.3 is 24.0 Å². The van der Waals surface area contributed by atoms with E-state index in [2.05, 4.69) is 10.00 Å². The number of aryl methyl sites for hydroxylation is 1. The third-order valence-corrected chi connectivity index (χ3v) is 7.89. The number of carbonyl (C=O) groups is 1. The van der Waals surface area contributed by atoms with E-state index >= 15 is 4.39 Å². The summed E-state index contributed by atoms with van der Waals surface area (Å²) in [7, 11) is 3.23. The van der Waals surface area contributed by atoms with Crippen LogP contribution in [-0.4, -0.2) is 75.4 Å². The summed E-state index contributed by atoms with van der Waals surface area (Å²) in [5, 5.41) is 4.88. The fraction of sp³-hybridized carbons (Fsp3) is 0.484. The predicted octanol–water partition coefficient (Wildman–Crippen LogP) is 5.67. The maximum absolute atomic E-state index is 15.5. The van der Waals surface area contributed by atoms with Crippen LogP contribution >= 0.6 is 0 Å². The minimum Gasteiger partial charge on any atom is -0.464 e. The Morgan fingerprint density at radius 1 is 1.10 bits per heavy atom. The smallest absolute Gasteiger partial charge is 0.410 e. The molecule has 10 nitrogen and oxygen atoms in total. The molecule has 1 aromatic carbocycles. The number of nitrogens with zero attached hydrogens (tertiary/aromatic N) is 6. The van der Waals surface area contributed by atoms with Gasteiger partial charge in [-0.05, 0) is 76.8 Å². The van der Waals surface area contributed by atoms with Gasteiger partial charge in [-0.1, -0.05) is 0 Å². The molecule has 1 atom stereocenters. The molecule has 4 aromatic rings. The molecule has 6 rings (SSSR count). The highest BCUT2D eigenvalue weighted by atomic mass is 19.1. The lowest BCUT2D eigenvalue weighted by atomic mass is 9.90. The van der Waals surface area contributed by atoms with Crippen molar-refractivity contribution in [3.05, 3.63) is 42.3 Å². The Kier molecular flexibility index (Phi) is 7.38. The number of hydrogen-bond donors (Lipinski definition) is 0. The first kappa shape index (κ1) is 28.1. The molecule has 1 aliphatic heterocycles. The van der Waals surface area contributed by atoms with Crippen LogP contribution in [0, 0.1) is 5.82 Å². The summed E-state index contributed by atoms with van der Waals surface area (Å²) in [6.07, 6.45) is 5.58. The molecule has 0 radical (unpaired) electrons. The quantitative estimate of drug-likeness (QED) is 0.260. The predicted molar refractivity (Wildman–Crippen MR) is 158 cm³/mol. The summed E-state index contributed by atoms with van der Waals surface area (Å²) >= 11 is 0. The second kappa shape index (κ2) is 11.0.